The average molecular weight is 448 g/mol. The minimum Gasteiger partial charge on any atom is -0.497 e. The predicted molar refractivity (Wildman–Crippen MR) is 121 cm³/mol. The maximum Gasteiger partial charge on any atom is 0.271 e. The molecule has 0 radical (unpaired) electrons. The molecule has 150 valence electrons. The Morgan fingerprint density at radius 2 is 1.93 bits per heavy atom. The molecule has 0 atom stereocenters. The number of para-hydroxylation sites is 1. The van der Waals surface area contributed by atoms with Crippen LogP contribution in [0.5, 0.6) is 5.75 Å². The van der Waals surface area contributed by atoms with E-state index in [9.17, 15) is 4.79 Å². The Bertz CT molecular complexity index is 994. The molecule has 3 aromatic rings. The summed E-state index contributed by atoms with van der Waals surface area (Å²) in [6, 6.07) is 14.4. The van der Waals surface area contributed by atoms with E-state index in [1.165, 1.54) is 11.3 Å². The van der Waals surface area contributed by atoms with Crippen LogP contribution in [0.2, 0.25) is 4.47 Å². The number of nitrogens with one attached hydrogen (secondary N) is 4. The molecule has 29 heavy (non-hydrogen) atoms. The van der Waals surface area contributed by atoms with Gasteiger partial charge in [-0.3, -0.25) is 15.6 Å². The Morgan fingerprint density at radius 1 is 1.17 bits per heavy atom. The molecule has 10 heteroatoms. The highest BCUT2D eigenvalue weighted by atomic mass is 35.5. The monoisotopic (exact) mass is 447 g/mol. The van der Waals surface area contributed by atoms with Crippen molar-refractivity contribution in [2.75, 3.05) is 17.7 Å². The van der Waals surface area contributed by atoms with Crippen LogP contribution in [-0.4, -0.2) is 23.1 Å². The fraction of sp³-hybridized carbons (Fsp3) is 0.105. The van der Waals surface area contributed by atoms with Crippen molar-refractivity contribution in [2.45, 2.75) is 6.54 Å². The molecule has 7 nitrogen and oxygen atoms in total. The minimum absolute atomic E-state index is 0.258. The first-order valence-electron chi connectivity index (χ1n) is 8.49. The maximum atomic E-state index is 12.6. The third-order valence-electron chi connectivity index (χ3n) is 3.79. The summed E-state index contributed by atoms with van der Waals surface area (Å²) in [7, 11) is 1.60. The van der Waals surface area contributed by atoms with Crippen molar-refractivity contribution in [2.24, 2.45) is 0 Å². The highest BCUT2D eigenvalue weighted by Crippen LogP contribution is 2.21. The van der Waals surface area contributed by atoms with Gasteiger partial charge in [0, 0.05) is 22.4 Å². The van der Waals surface area contributed by atoms with Gasteiger partial charge in [0.1, 0.15) is 5.75 Å². The molecule has 1 amide bonds. The van der Waals surface area contributed by atoms with E-state index in [0.29, 0.717) is 22.3 Å². The van der Waals surface area contributed by atoms with Gasteiger partial charge in [0.25, 0.3) is 5.91 Å². The van der Waals surface area contributed by atoms with E-state index < -0.39 is 0 Å². The van der Waals surface area contributed by atoms with Gasteiger partial charge in [-0.2, -0.15) is 0 Å². The number of benzene rings is 2. The molecule has 0 spiro atoms. The number of carbonyl (C=O) groups is 1. The van der Waals surface area contributed by atoms with Crippen LogP contribution in [0.15, 0.2) is 54.7 Å². The highest BCUT2D eigenvalue weighted by molar-refractivity contribution is 7.80. The Hall–Kier alpha value is -2.88. The molecule has 0 unspecified atom stereocenters. The number of thiazole rings is 1. The predicted octanol–water partition coefficient (Wildman–Crippen LogP) is 4.05. The molecule has 0 bridgehead atoms. The van der Waals surface area contributed by atoms with E-state index in [4.69, 9.17) is 28.6 Å². The normalized spacial score (nSPS) is 10.1. The maximum absolute atomic E-state index is 12.6. The van der Waals surface area contributed by atoms with E-state index in [-0.39, 0.29) is 11.0 Å². The second kappa shape index (κ2) is 10.1. The minimum atomic E-state index is -0.325. The van der Waals surface area contributed by atoms with E-state index in [1.807, 2.05) is 36.4 Å². The molecule has 0 aliphatic rings. The summed E-state index contributed by atoms with van der Waals surface area (Å²) < 4.78 is 5.60. The molecule has 0 saturated heterocycles. The summed E-state index contributed by atoms with van der Waals surface area (Å²) >= 11 is 12.4. The molecule has 2 aromatic carbocycles. The second-order valence-electron chi connectivity index (χ2n) is 5.74. The Kier molecular flexibility index (Phi) is 7.23. The Labute approximate surface area is 182 Å². The molecule has 1 aromatic heterocycles. The zero-order chi connectivity index (χ0) is 20.6. The summed E-state index contributed by atoms with van der Waals surface area (Å²) in [4.78, 5) is 17.5. The number of methoxy groups -OCH3 is 1. The van der Waals surface area contributed by atoms with E-state index in [1.54, 1.807) is 25.4 Å². The summed E-state index contributed by atoms with van der Waals surface area (Å²) in [5.74, 6) is 0.418. The fourth-order valence-electron chi connectivity index (χ4n) is 2.40. The fourth-order valence-corrected chi connectivity index (χ4v) is 3.49. The van der Waals surface area contributed by atoms with Crippen molar-refractivity contribution in [1.82, 2.24) is 15.8 Å². The van der Waals surface area contributed by atoms with Crippen LogP contribution in [0.25, 0.3) is 0 Å². The number of rotatable bonds is 6. The molecular formula is C19H18ClN5O2S2. The first kappa shape index (κ1) is 20.8. The molecule has 0 fully saturated rings. The van der Waals surface area contributed by atoms with Crippen LogP contribution < -0.4 is 26.2 Å². The number of ether oxygens (including phenoxy) is 1. The van der Waals surface area contributed by atoms with Gasteiger partial charge in [-0.25, -0.2) is 4.98 Å². The van der Waals surface area contributed by atoms with Crippen LogP contribution in [0.3, 0.4) is 0 Å². The first-order valence-corrected chi connectivity index (χ1v) is 10.1. The molecule has 4 N–H and O–H groups in total. The van der Waals surface area contributed by atoms with Crippen LogP contribution in [-0.2, 0) is 6.54 Å². The smallest absolute Gasteiger partial charge is 0.271 e. The van der Waals surface area contributed by atoms with Crippen molar-refractivity contribution in [1.29, 1.82) is 0 Å². The number of halogens is 1. The summed E-state index contributed by atoms with van der Waals surface area (Å²) in [6.07, 6.45) is 1.70. The Morgan fingerprint density at radius 3 is 2.62 bits per heavy atom. The SMILES string of the molecule is COc1ccc(NC(=S)NNC(=O)c2ccccc2NCc2cnc(Cl)s2)cc1. The van der Waals surface area contributed by atoms with Gasteiger partial charge < -0.3 is 15.4 Å². The number of nitrogens with zero attached hydrogens (tertiary/aromatic N) is 1. The van der Waals surface area contributed by atoms with Gasteiger partial charge >= 0.3 is 0 Å². The molecule has 0 aliphatic carbocycles. The largest absolute Gasteiger partial charge is 0.497 e. The van der Waals surface area contributed by atoms with Crippen molar-refractivity contribution in [3.63, 3.8) is 0 Å². The Balaban J connectivity index is 1.55. The van der Waals surface area contributed by atoms with Gasteiger partial charge in [0.2, 0.25) is 0 Å². The van der Waals surface area contributed by atoms with Gasteiger partial charge in [0.15, 0.2) is 9.58 Å². The van der Waals surface area contributed by atoms with Crippen LogP contribution in [0, 0.1) is 0 Å². The zero-order valence-corrected chi connectivity index (χ0v) is 17.8. The summed E-state index contributed by atoms with van der Waals surface area (Å²) in [5.41, 5.74) is 7.22. The standard InChI is InChI=1S/C19H18ClN5O2S2/c1-27-13-8-6-12(7-9-13)23-19(28)25-24-17(26)15-4-2-3-5-16(15)21-10-14-11-22-18(20)29-14/h2-9,11,21H,10H2,1H3,(H,24,26)(H2,23,25,28). The third-order valence-corrected chi connectivity index (χ3v) is 5.11. The number of hydrogen-bond donors (Lipinski definition) is 4. The number of aromatic nitrogens is 1. The van der Waals surface area contributed by atoms with Crippen LogP contribution in [0.1, 0.15) is 15.2 Å². The second-order valence-corrected chi connectivity index (χ2v) is 7.85. The number of hydrogen-bond acceptors (Lipinski definition) is 6. The topological polar surface area (TPSA) is 87.3 Å². The molecule has 3 rings (SSSR count). The van der Waals surface area contributed by atoms with Gasteiger partial charge in [-0.1, -0.05) is 23.7 Å². The number of hydrazine groups is 1. The lowest BCUT2D eigenvalue weighted by molar-refractivity contribution is 0.0945. The summed E-state index contributed by atoms with van der Waals surface area (Å²) in [6.45, 7) is 0.513. The molecule has 0 aliphatic heterocycles. The van der Waals surface area contributed by atoms with Gasteiger partial charge in [0.05, 0.1) is 19.2 Å². The lowest BCUT2D eigenvalue weighted by atomic mass is 10.1. The number of thiocarbonyl (C=S) groups is 1. The number of carbonyl (C=O) groups excluding carboxylic acids is 1. The van der Waals surface area contributed by atoms with Crippen LogP contribution >= 0.6 is 35.2 Å². The average Bonchev–Trinajstić information content (AvgIpc) is 3.16. The van der Waals surface area contributed by atoms with Crippen molar-refractivity contribution in [3.05, 3.63) is 69.6 Å². The van der Waals surface area contributed by atoms with Gasteiger partial charge in [-0.05, 0) is 48.6 Å². The third kappa shape index (κ3) is 6.05. The zero-order valence-electron chi connectivity index (χ0n) is 15.4. The number of amides is 1. The van der Waals surface area contributed by atoms with E-state index >= 15 is 0 Å². The quantitative estimate of drug-likeness (QED) is 0.335. The lowest BCUT2D eigenvalue weighted by Gasteiger charge is -2.14. The van der Waals surface area contributed by atoms with Gasteiger partial charge in [-0.15, -0.1) is 11.3 Å². The van der Waals surface area contributed by atoms with Crippen molar-refractivity contribution >= 4 is 57.5 Å². The van der Waals surface area contributed by atoms with Crippen molar-refractivity contribution in [3.8, 4) is 5.75 Å². The number of anilines is 2. The van der Waals surface area contributed by atoms with Crippen molar-refractivity contribution < 1.29 is 9.53 Å². The van der Waals surface area contributed by atoms with Crippen LogP contribution in [0.4, 0.5) is 11.4 Å². The highest BCUT2D eigenvalue weighted by Gasteiger charge is 2.11. The molecular weight excluding hydrogens is 430 g/mol. The molecule has 0 saturated carbocycles. The summed E-state index contributed by atoms with van der Waals surface area (Å²) in [5, 5.41) is 6.46. The van der Waals surface area contributed by atoms with E-state index in [0.717, 1.165) is 16.3 Å². The first-order chi connectivity index (χ1) is 14.0. The van der Waals surface area contributed by atoms with E-state index in [2.05, 4.69) is 26.5 Å². The molecule has 1 heterocycles. The lowest BCUT2D eigenvalue weighted by Crippen LogP contribution is -2.43.